The Balaban J connectivity index is 1.84. The number of carbonyl (C=O) groups is 1. The number of para-hydroxylation sites is 2. The average molecular weight is 337 g/mol. The van der Waals surface area contributed by atoms with Gasteiger partial charge in [-0.05, 0) is 57.5 Å². The van der Waals surface area contributed by atoms with E-state index >= 15 is 0 Å². The molecule has 0 unspecified atom stereocenters. The van der Waals surface area contributed by atoms with E-state index < -0.39 is 0 Å². The van der Waals surface area contributed by atoms with Crippen LogP contribution < -0.4 is 15.1 Å². The first-order chi connectivity index (χ1) is 11.9. The topological polar surface area (TPSA) is 35.6 Å². The molecule has 0 aromatic heterocycles. The largest absolute Gasteiger partial charge is 0.377 e. The van der Waals surface area contributed by atoms with Gasteiger partial charge < -0.3 is 15.1 Å². The van der Waals surface area contributed by atoms with Gasteiger partial charge in [0, 0.05) is 24.3 Å². The van der Waals surface area contributed by atoms with Gasteiger partial charge in [-0.1, -0.05) is 24.3 Å². The third-order valence-electron chi connectivity index (χ3n) is 4.56. The zero-order valence-electron chi connectivity index (χ0n) is 15.5. The fourth-order valence-corrected chi connectivity index (χ4v) is 3.51. The van der Waals surface area contributed by atoms with Crippen molar-refractivity contribution in [1.82, 2.24) is 0 Å². The van der Waals surface area contributed by atoms with Gasteiger partial charge in [-0.15, -0.1) is 0 Å². The summed E-state index contributed by atoms with van der Waals surface area (Å²) in [4.78, 5) is 17.1. The van der Waals surface area contributed by atoms with Crippen LogP contribution in [0, 0.1) is 6.92 Å². The molecule has 1 heterocycles. The van der Waals surface area contributed by atoms with Gasteiger partial charge in [0.1, 0.15) is 0 Å². The van der Waals surface area contributed by atoms with Crippen molar-refractivity contribution in [1.29, 1.82) is 0 Å². The number of benzene rings is 2. The number of hydrogen-bond donors (Lipinski definition) is 1. The fourth-order valence-electron chi connectivity index (χ4n) is 3.51. The summed E-state index contributed by atoms with van der Waals surface area (Å²) in [6.45, 7) is 10.2. The molecule has 0 atom stereocenters. The second kappa shape index (κ2) is 6.79. The number of amides is 1. The molecule has 0 fully saturated rings. The van der Waals surface area contributed by atoms with E-state index in [-0.39, 0.29) is 11.4 Å². The fraction of sp³-hybridized carbons (Fsp3) is 0.381. The quantitative estimate of drug-likeness (QED) is 0.914. The highest BCUT2D eigenvalue weighted by Gasteiger charge is 2.31. The molecule has 0 aliphatic carbocycles. The van der Waals surface area contributed by atoms with Crippen molar-refractivity contribution in [2.45, 2.75) is 33.2 Å². The molecule has 132 valence electrons. The maximum absolute atomic E-state index is 13.0. The van der Waals surface area contributed by atoms with Crippen molar-refractivity contribution < 1.29 is 4.79 Å². The monoisotopic (exact) mass is 337 g/mol. The first-order valence-corrected chi connectivity index (χ1v) is 8.89. The predicted molar refractivity (Wildman–Crippen MR) is 106 cm³/mol. The van der Waals surface area contributed by atoms with Gasteiger partial charge in [0.25, 0.3) is 0 Å². The molecule has 25 heavy (non-hydrogen) atoms. The van der Waals surface area contributed by atoms with Crippen molar-refractivity contribution >= 4 is 23.0 Å². The third kappa shape index (κ3) is 3.78. The highest BCUT2D eigenvalue weighted by molar-refractivity contribution is 5.97. The standard InChI is InChI=1S/C21H27N3O/c1-5-24(17-10-8-9-16(2)13-17)20(25)14-23-15-21(3,4)22-18-11-6-7-12-19(18)23/h6-13,22H,5,14-15H2,1-4H3. The van der Waals surface area contributed by atoms with Gasteiger partial charge in [-0.2, -0.15) is 0 Å². The normalized spacial score (nSPS) is 15.3. The maximum atomic E-state index is 13.0. The van der Waals surface area contributed by atoms with Crippen LogP contribution in [0.2, 0.25) is 0 Å². The summed E-state index contributed by atoms with van der Waals surface area (Å²) >= 11 is 0. The highest BCUT2D eigenvalue weighted by Crippen LogP contribution is 2.34. The second-order valence-corrected chi connectivity index (χ2v) is 7.36. The third-order valence-corrected chi connectivity index (χ3v) is 4.56. The SMILES string of the molecule is CCN(C(=O)CN1CC(C)(C)Nc2ccccc21)c1cccc(C)c1. The van der Waals surface area contributed by atoms with Gasteiger partial charge in [-0.25, -0.2) is 0 Å². The van der Waals surface area contributed by atoms with Crippen LogP contribution in [0.3, 0.4) is 0 Å². The Bertz CT molecular complexity index is 769. The number of rotatable bonds is 4. The van der Waals surface area contributed by atoms with Crippen LogP contribution in [0.4, 0.5) is 17.1 Å². The average Bonchev–Trinajstić information content (AvgIpc) is 2.54. The second-order valence-electron chi connectivity index (χ2n) is 7.36. The van der Waals surface area contributed by atoms with Crippen LogP contribution in [0.25, 0.3) is 0 Å². The lowest BCUT2D eigenvalue weighted by atomic mass is 9.99. The Morgan fingerprint density at radius 3 is 2.68 bits per heavy atom. The molecular weight excluding hydrogens is 310 g/mol. The van der Waals surface area contributed by atoms with E-state index in [2.05, 4.69) is 55.3 Å². The first kappa shape index (κ1) is 17.3. The lowest BCUT2D eigenvalue weighted by molar-refractivity contribution is -0.117. The van der Waals surface area contributed by atoms with Crippen LogP contribution in [0.1, 0.15) is 26.3 Å². The molecule has 0 spiro atoms. The van der Waals surface area contributed by atoms with Crippen molar-refractivity contribution in [2.24, 2.45) is 0 Å². The summed E-state index contributed by atoms with van der Waals surface area (Å²) in [6.07, 6.45) is 0. The smallest absolute Gasteiger partial charge is 0.246 e. The number of nitrogens with one attached hydrogen (secondary N) is 1. The summed E-state index contributed by atoms with van der Waals surface area (Å²) in [6, 6.07) is 16.3. The molecule has 0 radical (unpaired) electrons. The van der Waals surface area contributed by atoms with Gasteiger partial charge in [0.2, 0.25) is 5.91 Å². The van der Waals surface area contributed by atoms with Crippen LogP contribution in [-0.4, -0.2) is 31.1 Å². The maximum Gasteiger partial charge on any atom is 0.246 e. The minimum Gasteiger partial charge on any atom is -0.377 e. The van der Waals surface area contributed by atoms with Crippen LogP contribution >= 0.6 is 0 Å². The van der Waals surface area contributed by atoms with Gasteiger partial charge in [0.05, 0.1) is 17.9 Å². The number of nitrogens with zero attached hydrogens (tertiary/aromatic N) is 2. The molecule has 2 aromatic rings. The molecule has 0 saturated carbocycles. The lowest BCUT2D eigenvalue weighted by Crippen LogP contribution is -2.51. The molecule has 0 bridgehead atoms. The number of hydrogen-bond acceptors (Lipinski definition) is 3. The van der Waals surface area contributed by atoms with Crippen molar-refractivity contribution in [2.75, 3.05) is 34.8 Å². The summed E-state index contributed by atoms with van der Waals surface area (Å²) in [5, 5.41) is 3.56. The molecule has 1 N–H and O–H groups in total. The lowest BCUT2D eigenvalue weighted by Gasteiger charge is -2.42. The highest BCUT2D eigenvalue weighted by atomic mass is 16.2. The number of anilines is 3. The Morgan fingerprint density at radius 1 is 1.20 bits per heavy atom. The number of likely N-dealkylation sites (N-methyl/N-ethyl adjacent to an activating group) is 1. The van der Waals surface area contributed by atoms with E-state index in [1.807, 2.05) is 36.1 Å². The first-order valence-electron chi connectivity index (χ1n) is 8.89. The molecule has 3 rings (SSSR count). The number of fused-ring (bicyclic) bond motifs is 1. The molecule has 0 saturated heterocycles. The Hall–Kier alpha value is -2.49. The molecule has 4 heteroatoms. The van der Waals surface area contributed by atoms with Crippen LogP contribution in [-0.2, 0) is 4.79 Å². The Labute approximate surface area is 150 Å². The minimum absolute atomic E-state index is 0.0744. The van der Waals surface area contributed by atoms with Crippen molar-refractivity contribution in [3.63, 3.8) is 0 Å². The van der Waals surface area contributed by atoms with E-state index in [4.69, 9.17) is 0 Å². The number of carbonyl (C=O) groups excluding carboxylic acids is 1. The molecule has 4 nitrogen and oxygen atoms in total. The summed E-state index contributed by atoms with van der Waals surface area (Å²) < 4.78 is 0. The van der Waals surface area contributed by atoms with E-state index in [1.54, 1.807) is 0 Å². The van der Waals surface area contributed by atoms with Crippen molar-refractivity contribution in [3.05, 3.63) is 54.1 Å². The van der Waals surface area contributed by atoms with E-state index in [1.165, 1.54) is 0 Å². The molecule has 1 aliphatic heterocycles. The summed E-state index contributed by atoms with van der Waals surface area (Å²) in [5.74, 6) is 0.126. The molecule has 1 aliphatic rings. The molecule has 2 aromatic carbocycles. The summed E-state index contributed by atoms with van der Waals surface area (Å²) in [5.41, 5.74) is 4.24. The zero-order valence-corrected chi connectivity index (χ0v) is 15.5. The zero-order chi connectivity index (χ0) is 18.0. The molecule has 1 amide bonds. The van der Waals surface area contributed by atoms with E-state index in [9.17, 15) is 4.79 Å². The van der Waals surface area contributed by atoms with E-state index in [0.717, 1.165) is 29.2 Å². The van der Waals surface area contributed by atoms with Crippen molar-refractivity contribution in [3.8, 4) is 0 Å². The van der Waals surface area contributed by atoms with Gasteiger partial charge in [0.15, 0.2) is 0 Å². The van der Waals surface area contributed by atoms with Crippen LogP contribution in [0.5, 0.6) is 0 Å². The predicted octanol–water partition coefficient (Wildman–Crippen LogP) is 4.06. The Kier molecular flexibility index (Phi) is 4.71. The summed E-state index contributed by atoms with van der Waals surface area (Å²) in [7, 11) is 0. The van der Waals surface area contributed by atoms with Gasteiger partial charge in [-0.3, -0.25) is 4.79 Å². The van der Waals surface area contributed by atoms with Gasteiger partial charge >= 0.3 is 0 Å². The van der Waals surface area contributed by atoms with E-state index in [0.29, 0.717) is 13.1 Å². The number of aryl methyl sites for hydroxylation is 1. The Morgan fingerprint density at radius 2 is 1.96 bits per heavy atom. The molecular formula is C21H27N3O. The van der Waals surface area contributed by atoms with Crippen LogP contribution in [0.15, 0.2) is 48.5 Å². The minimum atomic E-state index is -0.0744.